The van der Waals surface area contributed by atoms with Gasteiger partial charge in [0, 0.05) is 13.1 Å². The average molecular weight is 155 g/mol. The van der Waals surface area contributed by atoms with Crippen LogP contribution in [0.1, 0.15) is 20.3 Å². The normalized spacial score (nSPS) is 18.6. The third kappa shape index (κ3) is 2.10. The first-order valence-corrected chi connectivity index (χ1v) is 4.18. The monoisotopic (exact) mass is 155 g/mol. The molecule has 1 aliphatic rings. The molecule has 0 atom stereocenters. The summed E-state index contributed by atoms with van der Waals surface area (Å²) in [6.07, 6.45) is 1.27. The molecule has 3 heteroatoms. The standard InChI is InChI=1S/C8H17N3/c1-6(2)3-7-4-11(5-7)8(9)10/h6-7H,3-5H2,1-2H3,(H3,9,10). The fourth-order valence-electron chi connectivity index (χ4n) is 1.58. The van der Waals surface area contributed by atoms with Crippen LogP contribution in [-0.2, 0) is 0 Å². The van der Waals surface area contributed by atoms with Crippen LogP contribution in [0.25, 0.3) is 0 Å². The molecule has 0 aromatic carbocycles. The van der Waals surface area contributed by atoms with Crippen molar-refractivity contribution in [3.8, 4) is 0 Å². The molecule has 1 heterocycles. The molecule has 1 rings (SSSR count). The van der Waals surface area contributed by atoms with Crippen molar-refractivity contribution in [1.82, 2.24) is 4.90 Å². The van der Waals surface area contributed by atoms with E-state index in [4.69, 9.17) is 11.1 Å². The van der Waals surface area contributed by atoms with E-state index < -0.39 is 0 Å². The molecular weight excluding hydrogens is 138 g/mol. The van der Waals surface area contributed by atoms with Gasteiger partial charge in [-0.05, 0) is 18.3 Å². The molecule has 1 aliphatic heterocycles. The second-order valence-electron chi connectivity index (χ2n) is 3.79. The lowest BCUT2D eigenvalue weighted by Gasteiger charge is -2.40. The lowest BCUT2D eigenvalue weighted by molar-refractivity contribution is 0.159. The number of guanidine groups is 1. The van der Waals surface area contributed by atoms with Crippen molar-refractivity contribution in [2.24, 2.45) is 17.6 Å². The van der Waals surface area contributed by atoms with E-state index >= 15 is 0 Å². The van der Waals surface area contributed by atoms with Gasteiger partial charge >= 0.3 is 0 Å². The van der Waals surface area contributed by atoms with E-state index in [1.807, 2.05) is 4.90 Å². The fourth-order valence-corrected chi connectivity index (χ4v) is 1.58. The second kappa shape index (κ2) is 3.11. The molecule has 0 unspecified atom stereocenters. The fraction of sp³-hybridized carbons (Fsp3) is 0.875. The largest absolute Gasteiger partial charge is 0.370 e. The number of nitrogens with two attached hydrogens (primary N) is 1. The predicted octanol–water partition coefficient (Wildman–Crippen LogP) is 0.858. The third-order valence-electron chi connectivity index (χ3n) is 2.10. The topological polar surface area (TPSA) is 53.1 Å². The molecule has 0 aromatic heterocycles. The summed E-state index contributed by atoms with van der Waals surface area (Å²) in [6.45, 7) is 6.45. The van der Waals surface area contributed by atoms with Crippen LogP contribution in [0.2, 0.25) is 0 Å². The molecule has 1 fully saturated rings. The zero-order chi connectivity index (χ0) is 8.43. The summed E-state index contributed by atoms with van der Waals surface area (Å²) < 4.78 is 0. The summed E-state index contributed by atoms with van der Waals surface area (Å²) in [5.74, 6) is 1.78. The van der Waals surface area contributed by atoms with Crippen molar-refractivity contribution in [3.05, 3.63) is 0 Å². The molecule has 0 saturated carbocycles. The number of nitrogens with one attached hydrogen (secondary N) is 1. The van der Waals surface area contributed by atoms with Crippen LogP contribution < -0.4 is 5.73 Å². The smallest absolute Gasteiger partial charge is 0.188 e. The lowest BCUT2D eigenvalue weighted by Crippen LogP contribution is -2.52. The van der Waals surface area contributed by atoms with Gasteiger partial charge in [-0.15, -0.1) is 0 Å². The number of hydrogen-bond donors (Lipinski definition) is 2. The Morgan fingerprint density at radius 2 is 2.18 bits per heavy atom. The van der Waals surface area contributed by atoms with Gasteiger partial charge in [0.1, 0.15) is 0 Å². The Balaban J connectivity index is 2.14. The molecule has 0 aliphatic carbocycles. The van der Waals surface area contributed by atoms with E-state index in [1.165, 1.54) is 6.42 Å². The van der Waals surface area contributed by atoms with Gasteiger partial charge in [0.25, 0.3) is 0 Å². The maximum absolute atomic E-state index is 7.13. The predicted molar refractivity (Wildman–Crippen MR) is 46.4 cm³/mol. The molecule has 0 radical (unpaired) electrons. The van der Waals surface area contributed by atoms with Gasteiger partial charge in [-0.3, -0.25) is 5.41 Å². The SMILES string of the molecule is CC(C)CC1CN(C(=N)N)C1. The van der Waals surface area contributed by atoms with Gasteiger partial charge in [0.05, 0.1) is 0 Å². The third-order valence-corrected chi connectivity index (χ3v) is 2.10. The van der Waals surface area contributed by atoms with Crippen LogP contribution in [0, 0.1) is 17.2 Å². The van der Waals surface area contributed by atoms with Crippen LogP contribution in [0.4, 0.5) is 0 Å². The minimum Gasteiger partial charge on any atom is -0.370 e. The van der Waals surface area contributed by atoms with E-state index in [2.05, 4.69) is 13.8 Å². The minimum absolute atomic E-state index is 0.227. The molecular formula is C8H17N3. The lowest BCUT2D eigenvalue weighted by atomic mass is 9.91. The van der Waals surface area contributed by atoms with E-state index in [0.29, 0.717) is 0 Å². The van der Waals surface area contributed by atoms with Crippen molar-refractivity contribution in [2.45, 2.75) is 20.3 Å². The van der Waals surface area contributed by atoms with Crippen molar-refractivity contribution in [3.63, 3.8) is 0 Å². The zero-order valence-electron chi connectivity index (χ0n) is 7.30. The van der Waals surface area contributed by atoms with Crippen molar-refractivity contribution in [1.29, 1.82) is 5.41 Å². The van der Waals surface area contributed by atoms with E-state index in [0.717, 1.165) is 24.9 Å². The Morgan fingerprint density at radius 3 is 2.55 bits per heavy atom. The van der Waals surface area contributed by atoms with Crippen molar-refractivity contribution in [2.75, 3.05) is 13.1 Å². The Hall–Kier alpha value is -0.730. The number of likely N-dealkylation sites (tertiary alicyclic amines) is 1. The highest BCUT2D eigenvalue weighted by Gasteiger charge is 2.27. The first-order chi connectivity index (χ1) is 5.09. The highest BCUT2D eigenvalue weighted by atomic mass is 15.3. The van der Waals surface area contributed by atoms with Crippen molar-refractivity contribution >= 4 is 5.96 Å². The summed E-state index contributed by atoms with van der Waals surface area (Å²) in [4.78, 5) is 1.91. The zero-order valence-corrected chi connectivity index (χ0v) is 7.30. The molecule has 1 saturated heterocycles. The van der Waals surface area contributed by atoms with Gasteiger partial charge in [-0.2, -0.15) is 0 Å². The Kier molecular flexibility index (Phi) is 2.37. The Labute approximate surface area is 68.1 Å². The summed E-state index contributed by atoms with van der Waals surface area (Å²) in [6, 6.07) is 0. The Morgan fingerprint density at radius 1 is 1.64 bits per heavy atom. The summed E-state index contributed by atoms with van der Waals surface area (Å²) in [5, 5.41) is 7.13. The molecule has 0 aromatic rings. The quantitative estimate of drug-likeness (QED) is 0.459. The van der Waals surface area contributed by atoms with Crippen LogP contribution in [0.3, 0.4) is 0 Å². The maximum atomic E-state index is 7.13. The molecule has 64 valence electrons. The van der Waals surface area contributed by atoms with Gasteiger partial charge in [0.15, 0.2) is 5.96 Å². The van der Waals surface area contributed by atoms with Crippen LogP contribution in [0.5, 0.6) is 0 Å². The average Bonchev–Trinajstić information content (AvgIpc) is 1.75. The van der Waals surface area contributed by atoms with Gasteiger partial charge < -0.3 is 10.6 Å². The van der Waals surface area contributed by atoms with Gasteiger partial charge in [-0.25, -0.2) is 0 Å². The number of rotatable bonds is 2. The van der Waals surface area contributed by atoms with Crippen LogP contribution in [0.15, 0.2) is 0 Å². The summed E-state index contributed by atoms with van der Waals surface area (Å²) >= 11 is 0. The summed E-state index contributed by atoms with van der Waals surface area (Å²) in [7, 11) is 0. The molecule has 0 spiro atoms. The van der Waals surface area contributed by atoms with Crippen LogP contribution in [-0.4, -0.2) is 23.9 Å². The molecule has 0 amide bonds. The highest BCUT2D eigenvalue weighted by molar-refractivity contribution is 5.75. The van der Waals surface area contributed by atoms with Gasteiger partial charge in [0.2, 0.25) is 0 Å². The van der Waals surface area contributed by atoms with Gasteiger partial charge in [-0.1, -0.05) is 13.8 Å². The number of hydrogen-bond acceptors (Lipinski definition) is 1. The van der Waals surface area contributed by atoms with E-state index in [9.17, 15) is 0 Å². The molecule has 3 nitrogen and oxygen atoms in total. The van der Waals surface area contributed by atoms with E-state index in [-0.39, 0.29) is 5.96 Å². The van der Waals surface area contributed by atoms with Crippen molar-refractivity contribution < 1.29 is 0 Å². The molecule has 0 bridgehead atoms. The minimum atomic E-state index is 0.227. The maximum Gasteiger partial charge on any atom is 0.188 e. The molecule has 3 N–H and O–H groups in total. The van der Waals surface area contributed by atoms with E-state index in [1.54, 1.807) is 0 Å². The highest BCUT2D eigenvalue weighted by Crippen LogP contribution is 2.21. The molecule has 11 heavy (non-hydrogen) atoms. The van der Waals surface area contributed by atoms with Crippen LogP contribution >= 0.6 is 0 Å². The number of nitrogens with zero attached hydrogens (tertiary/aromatic N) is 1. The second-order valence-corrected chi connectivity index (χ2v) is 3.79. The Bertz CT molecular complexity index is 147. The first-order valence-electron chi connectivity index (χ1n) is 4.18. The first kappa shape index (κ1) is 8.37. The summed E-state index contributed by atoms with van der Waals surface area (Å²) in [5.41, 5.74) is 5.30.